The van der Waals surface area contributed by atoms with Gasteiger partial charge in [0, 0.05) is 37.9 Å². The monoisotopic (exact) mass is 223 g/mol. The molecule has 0 saturated heterocycles. The van der Waals surface area contributed by atoms with Gasteiger partial charge < -0.3 is 5.32 Å². The topological polar surface area (TPSA) is 29.9 Å². The third-order valence-electron chi connectivity index (χ3n) is 3.25. The Balaban J connectivity index is 2.18. The third-order valence-corrected chi connectivity index (χ3v) is 3.25. The van der Waals surface area contributed by atoms with Crippen LogP contribution in [0.1, 0.15) is 39.3 Å². The molecular weight excluding hydrogens is 198 g/mol. The van der Waals surface area contributed by atoms with Crippen molar-refractivity contribution < 1.29 is 0 Å². The molecular formula is C13H25N3. The molecule has 92 valence electrons. The van der Waals surface area contributed by atoms with Crippen LogP contribution in [0, 0.1) is 5.92 Å². The van der Waals surface area contributed by atoms with Crippen molar-refractivity contribution in [2.24, 2.45) is 13.0 Å². The van der Waals surface area contributed by atoms with E-state index in [-0.39, 0.29) is 0 Å². The number of aromatic nitrogens is 2. The van der Waals surface area contributed by atoms with Crippen LogP contribution in [0.4, 0.5) is 0 Å². The quantitative estimate of drug-likeness (QED) is 0.769. The van der Waals surface area contributed by atoms with E-state index in [0.717, 1.165) is 18.9 Å². The normalized spacial score (nSPS) is 15.0. The largest absolute Gasteiger partial charge is 0.314 e. The molecule has 16 heavy (non-hydrogen) atoms. The molecule has 1 aromatic rings. The summed E-state index contributed by atoms with van der Waals surface area (Å²) < 4.78 is 1.95. The van der Waals surface area contributed by atoms with E-state index in [9.17, 15) is 0 Å². The lowest BCUT2D eigenvalue weighted by molar-refractivity contribution is 0.413. The van der Waals surface area contributed by atoms with Crippen LogP contribution >= 0.6 is 0 Å². The molecule has 1 rings (SSSR count). The molecule has 2 atom stereocenters. The summed E-state index contributed by atoms with van der Waals surface area (Å²) in [7, 11) is 2.00. The highest BCUT2D eigenvalue weighted by Gasteiger charge is 2.06. The molecule has 0 aliphatic heterocycles. The summed E-state index contributed by atoms with van der Waals surface area (Å²) in [5.74, 6) is 0.819. The van der Waals surface area contributed by atoms with Crippen molar-refractivity contribution in [1.82, 2.24) is 15.1 Å². The second kappa shape index (κ2) is 6.69. The smallest absolute Gasteiger partial charge is 0.0492 e. The Hall–Kier alpha value is -0.830. The van der Waals surface area contributed by atoms with Crippen molar-refractivity contribution in [2.45, 2.75) is 46.1 Å². The van der Waals surface area contributed by atoms with Crippen LogP contribution < -0.4 is 5.32 Å². The predicted molar refractivity (Wildman–Crippen MR) is 68.4 cm³/mol. The van der Waals surface area contributed by atoms with Gasteiger partial charge in [0.25, 0.3) is 0 Å². The Morgan fingerprint density at radius 1 is 1.44 bits per heavy atom. The molecule has 0 aliphatic carbocycles. The predicted octanol–water partition coefficient (Wildman–Crippen LogP) is 2.38. The van der Waals surface area contributed by atoms with Crippen molar-refractivity contribution in [3.63, 3.8) is 0 Å². The van der Waals surface area contributed by atoms with Gasteiger partial charge in [-0.2, -0.15) is 5.10 Å². The summed E-state index contributed by atoms with van der Waals surface area (Å²) >= 11 is 0. The van der Waals surface area contributed by atoms with Crippen molar-refractivity contribution in [3.05, 3.63) is 18.0 Å². The first-order valence-electron chi connectivity index (χ1n) is 6.33. The standard InChI is InChI=1S/C13H25N3/c1-5-11(2)10-12(3)14-8-6-13-7-9-15-16(13)4/h7,9,11-12,14H,5-6,8,10H2,1-4H3. The lowest BCUT2D eigenvalue weighted by Crippen LogP contribution is -2.30. The van der Waals surface area contributed by atoms with Crippen LogP contribution in [0.15, 0.2) is 12.3 Å². The van der Waals surface area contributed by atoms with Gasteiger partial charge in [0.2, 0.25) is 0 Å². The third kappa shape index (κ3) is 4.35. The maximum Gasteiger partial charge on any atom is 0.0492 e. The number of nitrogens with zero attached hydrogens (tertiary/aromatic N) is 2. The zero-order valence-electron chi connectivity index (χ0n) is 11.0. The van der Waals surface area contributed by atoms with E-state index in [1.165, 1.54) is 18.5 Å². The minimum absolute atomic E-state index is 0.614. The minimum Gasteiger partial charge on any atom is -0.314 e. The Kier molecular flexibility index (Phi) is 5.53. The first kappa shape index (κ1) is 13.2. The van der Waals surface area contributed by atoms with E-state index < -0.39 is 0 Å². The van der Waals surface area contributed by atoms with Crippen LogP contribution in [-0.2, 0) is 13.5 Å². The zero-order valence-corrected chi connectivity index (χ0v) is 11.0. The van der Waals surface area contributed by atoms with Gasteiger partial charge in [0.15, 0.2) is 0 Å². The van der Waals surface area contributed by atoms with E-state index >= 15 is 0 Å². The molecule has 0 saturated carbocycles. The van der Waals surface area contributed by atoms with E-state index in [1.54, 1.807) is 0 Å². The fourth-order valence-electron chi connectivity index (χ4n) is 1.95. The van der Waals surface area contributed by atoms with Crippen LogP contribution in [0.2, 0.25) is 0 Å². The molecule has 2 unspecified atom stereocenters. The van der Waals surface area contributed by atoms with E-state index in [4.69, 9.17) is 0 Å². The number of hydrogen-bond acceptors (Lipinski definition) is 2. The first-order chi connectivity index (χ1) is 7.63. The van der Waals surface area contributed by atoms with E-state index in [2.05, 4.69) is 37.3 Å². The second-order valence-corrected chi connectivity index (χ2v) is 4.80. The van der Waals surface area contributed by atoms with Crippen molar-refractivity contribution in [1.29, 1.82) is 0 Å². The molecule has 0 spiro atoms. The summed E-state index contributed by atoms with van der Waals surface area (Å²) in [6.45, 7) is 7.89. The average molecular weight is 223 g/mol. The molecule has 1 N–H and O–H groups in total. The van der Waals surface area contributed by atoms with Gasteiger partial charge in [0.1, 0.15) is 0 Å². The fraction of sp³-hybridized carbons (Fsp3) is 0.769. The number of rotatable bonds is 7. The van der Waals surface area contributed by atoms with Gasteiger partial charge in [-0.25, -0.2) is 0 Å². The molecule has 0 fully saturated rings. The Labute approximate surface area is 99.2 Å². The number of aryl methyl sites for hydroxylation is 1. The summed E-state index contributed by atoms with van der Waals surface area (Å²) in [6.07, 6.45) is 5.45. The molecule has 0 radical (unpaired) electrons. The minimum atomic E-state index is 0.614. The molecule has 3 heteroatoms. The Bertz CT molecular complexity index is 293. The van der Waals surface area contributed by atoms with Gasteiger partial charge in [-0.05, 0) is 25.3 Å². The van der Waals surface area contributed by atoms with Gasteiger partial charge in [-0.3, -0.25) is 4.68 Å². The van der Waals surface area contributed by atoms with Gasteiger partial charge >= 0.3 is 0 Å². The first-order valence-corrected chi connectivity index (χ1v) is 6.33. The summed E-state index contributed by atoms with van der Waals surface area (Å²) in [6, 6.07) is 2.70. The van der Waals surface area contributed by atoms with Crippen LogP contribution in [0.3, 0.4) is 0 Å². The van der Waals surface area contributed by atoms with Crippen molar-refractivity contribution in [2.75, 3.05) is 6.54 Å². The SMILES string of the molecule is CCC(C)CC(C)NCCc1ccnn1C. The van der Waals surface area contributed by atoms with Crippen molar-refractivity contribution >= 4 is 0 Å². The molecule has 1 heterocycles. The second-order valence-electron chi connectivity index (χ2n) is 4.80. The summed E-state index contributed by atoms with van der Waals surface area (Å²) in [5.41, 5.74) is 1.29. The average Bonchev–Trinajstić information content (AvgIpc) is 2.64. The maximum atomic E-state index is 4.16. The van der Waals surface area contributed by atoms with Crippen LogP contribution in [-0.4, -0.2) is 22.4 Å². The van der Waals surface area contributed by atoms with E-state index in [1.807, 2.05) is 17.9 Å². The van der Waals surface area contributed by atoms with Gasteiger partial charge in [0.05, 0.1) is 0 Å². The lowest BCUT2D eigenvalue weighted by Gasteiger charge is -2.17. The lowest BCUT2D eigenvalue weighted by atomic mass is 10.0. The molecule has 0 amide bonds. The number of nitrogens with one attached hydrogen (secondary N) is 1. The highest BCUT2D eigenvalue weighted by molar-refractivity contribution is 5.00. The van der Waals surface area contributed by atoms with E-state index in [0.29, 0.717) is 6.04 Å². The molecule has 1 aromatic heterocycles. The van der Waals surface area contributed by atoms with Gasteiger partial charge in [-0.1, -0.05) is 20.3 Å². The Morgan fingerprint density at radius 2 is 2.19 bits per heavy atom. The Morgan fingerprint density at radius 3 is 2.75 bits per heavy atom. The van der Waals surface area contributed by atoms with Crippen LogP contribution in [0.25, 0.3) is 0 Å². The van der Waals surface area contributed by atoms with Crippen LogP contribution in [0.5, 0.6) is 0 Å². The highest BCUT2D eigenvalue weighted by Crippen LogP contribution is 2.09. The van der Waals surface area contributed by atoms with Crippen molar-refractivity contribution in [3.8, 4) is 0 Å². The molecule has 0 aromatic carbocycles. The summed E-state index contributed by atoms with van der Waals surface area (Å²) in [5, 5.41) is 7.74. The highest BCUT2D eigenvalue weighted by atomic mass is 15.3. The maximum absolute atomic E-state index is 4.16. The summed E-state index contributed by atoms with van der Waals surface area (Å²) in [4.78, 5) is 0. The molecule has 3 nitrogen and oxygen atoms in total. The molecule has 0 aliphatic rings. The zero-order chi connectivity index (χ0) is 12.0. The fourth-order valence-corrected chi connectivity index (χ4v) is 1.95. The number of hydrogen-bond donors (Lipinski definition) is 1. The molecule has 0 bridgehead atoms. The van der Waals surface area contributed by atoms with Gasteiger partial charge in [-0.15, -0.1) is 0 Å².